The third-order valence-corrected chi connectivity index (χ3v) is 3.20. The summed E-state index contributed by atoms with van der Waals surface area (Å²) in [5.41, 5.74) is 0.00597. The van der Waals surface area contributed by atoms with Crippen molar-refractivity contribution in [1.29, 1.82) is 0 Å². The van der Waals surface area contributed by atoms with Gasteiger partial charge in [-0.2, -0.15) is 0 Å². The summed E-state index contributed by atoms with van der Waals surface area (Å²) in [5, 5.41) is 3.57. The van der Waals surface area contributed by atoms with Crippen molar-refractivity contribution in [2.24, 2.45) is 0 Å². The predicted octanol–water partition coefficient (Wildman–Crippen LogP) is 2.34. The Bertz CT molecular complexity index is 213. The van der Waals surface area contributed by atoms with Gasteiger partial charge in [0.2, 0.25) is 0 Å². The Balaban J connectivity index is 2.49. The van der Waals surface area contributed by atoms with E-state index >= 15 is 0 Å². The second-order valence-corrected chi connectivity index (χ2v) is 4.51. The smallest absolute Gasteiger partial charge is 0.0807 e. The fraction of sp³-hybridized carbons (Fsp3) is 0.846. The van der Waals surface area contributed by atoms with E-state index in [1.54, 1.807) is 0 Å². The molecule has 1 heterocycles. The highest BCUT2D eigenvalue weighted by atomic mass is 16.5. The molecule has 2 nitrogen and oxygen atoms in total. The summed E-state index contributed by atoms with van der Waals surface area (Å²) in [7, 11) is 0. The molecule has 1 rings (SSSR count). The van der Waals surface area contributed by atoms with Crippen molar-refractivity contribution in [3.8, 4) is 12.3 Å². The van der Waals surface area contributed by atoms with Crippen LogP contribution in [0.5, 0.6) is 0 Å². The maximum atomic E-state index is 5.87. The van der Waals surface area contributed by atoms with Crippen LogP contribution in [0, 0.1) is 12.3 Å². The SMILES string of the molecule is C#CCCC(NCCC)C1(C)CCCO1. The normalized spacial score (nSPS) is 27.5. The van der Waals surface area contributed by atoms with E-state index in [0.717, 1.165) is 38.8 Å². The van der Waals surface area contributed by atoms with Gasteiger partial charge in [-0.05, 0) is 39.2 Å². The highest BCUT2D eigenvalue weighted by molar-refractivity contribution is 4.95. The fourth-order valence-corrected chi connectivity index (χ4v) is 2.25. The minimum absolute atomic E-state index is 0.00597. The van der Waals surface area contributed by atoms with E-state index in [4.69, 9.17) is 11.2 Å². The molecule has 1 saturated heterocycles. The van der Waals surface area contributed by atoms with Crippen LogP contribution in [0.15, 0.2) is 0 Å². The Morgan fingerprint density at radius 1 is 1.60 bits per heavy atom. The molecule has 15 heavy (non-hydrogen) atoms. The van der Waals surface area contributed by atoms with E-state index in [2.05, 4.69) is 25.1 Å². The van der Waals surface area contributed by atoms with Gasteiger partial charge in [0.25, 0.3) is 0 Å². The first-order chi connectivity index (χ1) is 7.23. The molecule has 0 bridgehead atoms. The zero-order valence-corrected chi connectivity index (χ0v) is 10.0. The molecule has 0 radical (unpaired) electrons. The molecule has 2 heteroatoms. The number of hydrogen-bond donors (Lipinski definition) is 1. The molecule has 1 N–H and O–H groups in total. The molecule has 1 aliphatic rings. The van der Waals surface area contributed by atoms with Crippen LogP contribution in [0.4, 0.5) is 0 Å². The summed E-state index contributed by atoms with van der Waals surface area (Å²) >= 11 is 0. The molecule has 0 aromatic rings. The first-order valence-electron chi connectivity index (χ1n) is 6.03. The van der Waals surface area contributed by atoms with E-state index in [0.29, 0.717) is 6.04 Å². The van der Waals surface area contributed by atoms with Gasteiger partial charge < -0.3 is 10.1 Å². The van der Waals surface area contributed by atoms with Crippen LogP contribution in [0.1, 0.15) is 46.0 Å². The first kappa shape index (κ1) is 12.5. The summed E-state index contributed by atoms with van der Waals surface area (Å²) in [6, 6.07) is 0.413. The number of ether oxygens (including phenoxy) is 1. The molecule has 0 aromatic carbocycles. The van der Waals surface area contributed by atoms with E-state index < -0.39 is 0 Å². The second kappa shape index (κ2) is 6.15. The van der Waals surface area contributed by atoms with Crippen molar-refractivity contribution in [1.82, 2.24) is 5.32 Å². The molecule has 0 amide bonds. The maximum Gasteiger partial charge on any atom is 0.0807 e. The molecular formula is C13H23NO. The van der Waals surface area contributed by atoms with Crippen LogP contribution in [0.3, 0.4) is 0 Å². The largest absolute Gasteiger partial charge is 0.374 e. The van der Waals surface area contributed by atoms with Crippen molar-refractivity contribution in [2.45, 2.75) is 57.6 Å². The maximum absolute atomic E-state index is 5.87. The fourth-order valence-electron chi connectivity index (χ4n) is 2.25. The third kappa shape index (κ3) is 3.52. The lowest BCUT2D eigenvalue weighted by Crippen LogP contribution is -2.48. The van der Waals surface area contributed by atoms with Gasteiger partial charge in [-0.3, -0.25) is 0 Å². The van der Waals surface area contributed by atoms with Gasteiger partial charge in [-0.15, -0.1) is 12.3 Å². The highest BCUT2D eigenvalue weighted by Gasteiger charge is 2.37. The monoisotopic (exact) mass is 209 g/mol. The Kier molecular flexibility index (Phi) is 5.14. The molecule has 86 valence electrons. The number of terminal acetylenes is 1. The van der Waals surface area contributed by atoms with Crippen LogP contribution in [-0.2, 0) is 4.74 Å². The molecule has 0 saturated carbocycles. The van der Waals surface area contributed by atoms with Gasteiger partial charge in [0.15, 0.2) is 0 Å². The van der Waals surface area contributed by atoms with Crippen LogP contribution in [-0.4, -0.2) is 24.8 Å². The Labute approximate surface area is 93.8 Å². The van der Waals surface area contributed by atoms with Crippen molar-refractivity contribution in [3.05, 3.63) is 0 Å². The summed E-state index contributed by atoms with van der Waals surface area (Å²) in [6.07, 6.45) is 10.7. The lowest BCUT2D eigenvalue weighted by molar-refractivity contribution is -0.0133. The van der Waals surface area contributed by atoms with Crippen LogP contribution in [0.2, 0.25) is 0 Å². The van der Waals surface area contributed by atoms with Gasteiger partial charge >= 0.3 is 0 Å². The summed E-state index contributed by atoms with van der Waals surface area (Å²) in [5.74, 6) is 2.72. The van der Waals surface area contributed by atoms with E-state index in [9.17, 15) is 0 Å². The molecule has 2 atom stereocenters. The van der Waals surface area contributed by atoms with Gasteiger partial charge in [-0.1, -0.05) is 6.92 Å². The zero-order valence-electron chi connectivity index (χ0n) is 10.0. The average Bonchev–Trinajstić information content (AvgIpc) is 2.66. The van der Waals surface area contributed by atoms with E-state index in [1.807, 2.05) is 0 Å². The molecule has 1 fully saturated rings. The number of rotatable bonds is 6. The van der Waals surface area contributed by atoms with Gasteiger partial charge in [0.05, 0.1) is 5.60 Å². The highest BCUT2D eigenvalue weighted by Crippen LogP contribution is 2.30. The topological polar surface area (TPSA) is 21.3 Å². The summed E-state index contributed by atoms with van der Waals surface area (Å²) < 4.78 is 5.87. The second-order valence-electron chi connectivity index (χ2n) is 4.51. The first-order valence-corrected chi connectivity index (χ1v) is 6.03. The van der Waals surface area contributed by atoms with Gasteiger partial charge in [0.1, 0.15) is 0 Å². The predicted molar refractivity (Wildman–Crippen MR) is 63.7 cm³/mol. The van der Waals surface area contributed by atoms with Crippen molar-refractivity contribution >= 4 is 0 Å². The molecule has 2 unspecified atom stereocenters. The Morgan fingerprint density at radius 3 is 2.93 bits per heavy atom. The molecule has 0 aliphatic carbocycles. The lowest BCUT2D eigenvalue weighted by Gasteiger charge is -2.34. The molecule has 1 aliphatic heterocycles. The average molecular weight is 209 g/mol. The number of nitrogens with one attached hydrogen (secondary N) is 1. The molecular weight excluding hydrogens is 186 g/mol. The Hall–Kier alpha value is -0.520. The van der Waals surface area contributed by atoms with Crippen LogP contribution in [0.25, 0.3) is 0 Å². The molecule has 0 aromatic heterocycles. The third-order valence-electron chi connectivity index (χ3n) is 3.20. The minimum atomic E-state index is 0.00597. The summed E-state index contributed by atoms with van der Waals surface area (Å²) in [6.45, 7) is 6.35. The number of hydrogen-bond acceptors (Lipinski definition) is 2. The van der Waals surface area contributed by atoms with Crippen LogP contribution < -0.4 is 5.32 Å². The van der Waals surface area contributed by atoms with E-state index in [-0.39, 0.29) is 5.60 Å². The minimum Gasteiger partial charge on any atom is -0.374 e. The zero-order chi connectivity index (χ0) is 11.1. The van der Waals surface area contributed by atoms with Crippen molar-refractivity contribution < 1.29 is 4.74 Å². The molecule has 0 spiro atoms. The van der Waals surface area contributed by atoms with Crippen molar-refractivity contribution in [2.75, 3.05) is 13.2 Å². The van der Waals surface area contributed by atoms with Gasteiger partial charge in [0, 0.05) is 19.1 Å². The standard InChI is InChI=1S/C13H23NO/c1-4-6-8-12(14-10-5-2)13(3)9-7-11-15-13/h1,12,14H,5-11H2,2-3H3. The van der Waals surface area contributed by atoms with Crippen molar-refractivity contribution in [3.63, 3.8) is 0 Å². The quantitative estimate of drug-likeness (QED) is 0.678. The van der Waals surface area contributed by atoms with Crippen LogP contribution >= 0.6 is 0 Å². The van der Waals surface area contributed by atoms with Gasteiger partial charge in [-0.25, -0.2) is 0 Å². The summed E-state index contributed by atoms with van der Waals surface area (Å²) in [4.78, 5) is 0. The van der Waals surface area contributed by atoms with E-state index in [1.165, 1.54) is 6.42 Å². The Morgan fingerprint density at radius 2 is 2.40 bits per heavy atom. The lowest BCUT2D eigenvalue weighted by atomic mass is 9.89.